The first kappa shape index (κ1) is 8.26. The molecular weight excluding hydrogens is 191 g/mol. The van der Waals surface area contributed by atoms with Gasteiger partial charge in [0.15, 0.2) is 0 Å². The number of nitrogens with two attached hydrogens (primary N) is 1. The minimum Gasteiger partial charge on any atom is -0.383 e. The summed E-state index contributed by atoms with van der Waals surface area (Å²) in [6.45, 7) is 0. The SMILES string of the molecule is Nc1ncc(Cl)c2cc(F)ccc12. The predicted molar refractivity (Wildman–Crippen MR) is 51.1 cm³/mol. The van der Waals surface area contributed by atoms with E-state index in [-0.39, 0.29) is 5.82 Å². The quantitative estimate of drug-likeness (QED) is 0.704. The third-order valence-electron chi connectivity index (χ3n) is 1.83. The van der Waals surface area contributed by atoms with Crippen LogP contribution in [-0.2, 0) is 0 Å². The fourth-order valence-corrected chi connectivity index (χ4v) is 1.41. The van der Waals surface area contributed by atoms with Crippen molar-refractivity contribution < 1.29 is 4.39 Å². The second-order valence-electron chi connectivity index (χ2n) is 2.68. The summed E-state index contributed by atoms with van der Waals surface area (Å²) in [5.41, 5.74) is 5.58. The van der Waals surface area contributed by atoms with Gasteiger partial charge in [0, 0.05) is 17.0 Å². The van der Waals surface area contributed by atoms with Gasteiger partial charge in [-0.25, -0.2) is 9.37 Å². The van der Waals surface area contributed by atoms with E-state index in [0.717, 1.165) is 0 Å². The molecule has 0 amide bonds. The molecule has 0 saturated carbocycles. The Kier molecular flexibility index (Phi) is 1.81. The van der Waals surface area contributed by atoms with Gasteiger partial charge in [-0.15, -0.1) is 0 Å². The van der Waals surface area contributed by atoms with E-state index in [1.807, 2.05) is 0 Å². The number of pyridine rings is 1. The zero-order chi connectivity index (χ0) is 9.42. The van der Waals surface area contributed by atoms with Gasteiger partial charge < -0.3 is 5.73 Å². The van der Waals surface area contributed by atoms with E-state index >= 15 is 0 Å². The molecule has 2 rings (SSSR count). The number of hydrogen-bond donors (Lipinski definition) is 1. The first-order valence-corrected chi connectivity index (χ1v) is 4.05. The maximum Gasteiger partial charge on any atom is 0.131 e. The third-order valence-corrected chi connectivity index (χ3v) is 2.13. The number of halogens is 2. The number of aromatic nitrogens is 1. The Morgan fingerprint density at radius 2 is 2.08 bits per heavy atom. The molecule has 2 aromatic rings. The summed E-state index contributed by atoms with van der Waals surface area (Å²) in [7, 11) is 0. The molecule has 2 N–H and O–H groups in total. The zero-order valence-electron chi connectivity index (χ0n) is 6.59. The lowest BCUT2D eigenvalue weighted by molar-refractivity contribution is 0.630. The van der Waals surface area contributed by atoms with Crippen molar-refractivity contribution in [1.82, 2.24) is 4.98 Å². The van der Waals surface area contributed by atoms with E-state index in [1.165, 1.54) is 18.3 Å². The molecule has 1 aromatic heterocycles. The predicted octanol–water partition coefficient (Wildman–Crippen LogP) is 2.61. The van der Waals surface area contributed by atoms with Crippen LogP contribution in [0.15, 0.2) is 24.4 Å². The Morgan fingerprint density at radius 3 is 2.85 bits per heavy atom. The summed E-state index contributed by atoms with van der Waals surface area (Å²) >= 11 is 5.82. The largest absolute Gasteiger partial charge is 0.383 e. The van der Waals surface area contributed by atoms with Gasteiger partial charge in [0.2, 0.25) is 0 Å². The van der Waals surface area contributed by atoms with Crippen molar-refractivity contribution in [3.63, 3.8) is 0 Å². The normalized spacial score (nSPS) is 10.6. The van der Waals surface area contributed by atoms with Gasteiger partial charge in [-0.3, -0.25) is 0 Å². The van der Waals surface area contributed by atoms with Crippen LogP contribution in [0.5, 0.6) is 0 Å². The first-order valence-electron chi connectivity index (χ1n) is 3.68. The fraction of sp³-hybridized carbons (Fsp3) is 0. The number of hydrogen-bond acceptors (Lipinski definition) is 2. The van der Waals surface area contributed by atoms with Crippen LogP contribution in [0.4, 0.5) is 10.2 Å². The zero-order valence-corrected chi connectivity index (χ0v) is 7.35. The number of benzene rings is 1. The van der Waals surface area contributed by atoms with Crippen LogP contribution in [0.1, 0.15) is 0 Å². The van der Waals surface area contributed by atoms with E-state index in [2.05, 4.69) is 4.98 Å². The molecule has 0 atom stereocenters. The topological polar surface area (TPSA) is 38.9 Å². The molecule has 1 aromatic carbocycles. The van der Waals surface area contributed by atoms with Gasteiger partial charge in [-0.05, 0) is 18.2 Å². The fourth-order valence-electron chi connectivity index (χ4n) is 1.20. The van der Waals surface area contributed by atoms with E-state index in [0.29, 0.717) is 21.6 Å². The molecule has 66 valence electrons. The van der Waals surface area contributed by atoms with Crippen molar-refractivity contribution in [3.05, 3.63) is 35.2 Å². The molecule has 0 unspecified atom stereocenters. The van der Waals surface area contributed by atoms with Crippen molar-refractivity contribution >= 4 is 28.2 Å². The monoisotopic (exact) mass is 196 g/mol. The van der Waals surface area contributed by atoms with Crippen molar-refractivity contribution in [2.75, 3.05) is 5.73 Å². The van der Waals surface area contributed by atoms with E-state index in [1.54, 1.807) is 6.07 Å². The van der Waals surface area contributed by atoms with Crippen LogP contribution in [0.2, 0.25) is 5.02 Å². The minimum atomic E-state index is -0.333. The molecule has 2 nitrogen and oxygen atoms in total. The Balaban J connectivity index is 2.92. The molecule has 0 aliphatic rings. The van der Waals surface area contributed by atoms with E-state index in [4.69, 9.17) is 17.3 Å². The average molecular weight is 197 g/mol. The van der Waals surface area contributed by atoms with Gasteiger partial charge in [0.25, 0.3) is 0 Å². The van der Waals surface area contributed by atoms with Crippen LogP contribution >= 0.6 is 11.6 Å². The van der Waals surface area contributed by atoms with Crippen LogP contribution < -0.4 is 5.73 Å². The third kappa shape index (κ3) is 1.31. The van der Waals surface area contributed by atoms with Crippen LogP contribution in [0.25, 0.3) is 10.8 Å². The second kappa shape index (κ2) is 2.85. The molecule has 0 saturated heterocycles. The van der Waals surface area contributed by atoms with Crippen LogP contribution in [0, 0.1) is 5.82 Å². The first-order chi connectivity index (χ1) is 6.18. The van der Waals surface area contributed by atoms with Crippen LogP contribution in [-0.4, -0.2) is 4.98 Å². The highest BCUT2D eigenvalue weighted by molar-refractivity contribution is 6.35. The van der Waals surface area contributed by atoms with Crippen molar-refractivity contribution in [2.45, 2.75) is 0 Å². The van der Waals surface area contributed by atoms with Gasteiger partial charge in [-0.1, -0.05) is 11.6 Å². The lowest BCUT2D eigenvalue weighted by Gasteiger charge is -2.02. The summed E-state index contributed by atoms with van der Waals surface area (Å²) in [5.74, 6) is 0.0272. The standard InChI is InChI=1S/C9H6ClFN2/c10-8-4-13-9(12)6-2-1-5(11)3-7(6)8/h1-4H,(H2,12,13). The summed E-state index contributed by atoms with van der Waals surface area (Å²) < 4.78 is 12.8. The number of nitrogens with zero attached hydrogens (tertiary/aromatic N) is 1. The maximum absolute atomic E-state index is 12.8. The van der Waals surface area contributed by atoms with E-state index < -0.39 is 0 Å². The van der Waals surface area contributed by atoms with Gasteiger partial charge in [0.05, 0.1) is 5.02 Å². The molecule has 0 bridgehead atoms. The van der Waals surface area contributed by atoms with Crippen molar-refractivity contribution in [3.8, 4) is 0 Å². The van der Waals surface area contributed by atoms with Gasteiger partial charge in [-0.2, -0.15) is 0 Å². The van der Waals surface area contributed by atoms with Gasteiger partial charge >= 0.3 is 0 Å². The molecule has 1 heterocycles. The average Bonchev–Trinajstić information content (AvgIpc) is 2.12. The Bertz CT molecular complexity index is 470. The smallest absolute Gasteiger partial charge is 0.131 e. The second-order valence-corrected chi connectivity index (χ2v) is 3.09. The number of rotatable bonds is 0. The number of anilines is 1. The van der Waals surface area contributed by atoms with Crippen molar-refractivity contribution in [1.29, 1.82) is 0 Å². The molecule has 0 aliphatic carbocycles. The maximum atomic E-state index is 12.8. The molecule has 13 heavy (non-hydrogen) atoms. The Hall–Kier alpha value is -1.35. The Morgan fingerprint density at radius 1 is 1.31 bits per heavy atom. The molecule has 0 fully saturated rings. The molecular formula is C9H6ClFN2. The van der Waals surface area contributed by atoms with Gasteiger partial charge in [0.1, 0.15) is 11.6 Å². The highest BCUT2D eigenvalue weighted by atomic mass is 35.5. The summed E-state index contributed by atoms with van der Waals surface area (Å²) in [4.78, 5) is 3.86. The molecule has 0 spiro atoms. The molecule has 4 heteroatoms. The highest BCUT2D eigenvalue weighted by Gasteiger charge is 2.04. The molecule has 0 aliphatic heterocycles. The van der Waals surface area contributed by atoms with Crippen molar-refractivity contribution in [2.24, 2.45) is 0 Å². The summed E-state index contributed by atoms with van der Waals surface area (Å²) in [6, 6.07) is 4.24. The lowest BCUT2D eigenvalue weighted by Crippen LogP contribution is -1.91. The summed E-state index contributed by atoms with van der Waals surface area (Å²) in [6.07, 6.45) is 1.42. The van der Waals surface area contributed by atoms with E-state index in [9.17, 15) is 4.39 Å². The Labute approximate surface area is 79.1 Å². The highest BCUT2D eigenvalue weighted by Crippen LogP contribution is 2.26. The summed E-state index contributed by atoms with van der Waals surface area (Å²) in [5, 5.41) is 1.67. The minimum absolute atomic E-state index is 0.333. The lowest BCUT2D eigenvalue weighted by atomic mass is 10.1. The van der Waals surface area contributed by atoms with Crippen LogP contribution in [0.3, 0.4) is 0 Å². The number of fused-ring (bicyclic) bond motifs is 1. The molecule has 0 radical (unpaired) electrons. The number of nitrogen functional groups attached to an aromatic ring is 1.